The van der Waals surface area contributed by atoms with Gasteiger partial charge in [-0.05, 0) is 49.5 Å². The molecule has 4 nitrogen and oxygen atoms in total. The van der Waals surface area contributed by atoms with E-state index in [1.54, 1.807) is 0 Å². The zero-order chi connectivity index (χ0) is 13.0. The lowest BCUT2D eigenvalue weighted by Gasteiger charge is -2.22. The number of aliphatic carboxylic acids is 1. The van der Waals surface area contributed by atoms with Crippen molar-refractivity contribution in [2.24, 2.45) is 17.8 Å². The standard InChI is InChI=1S/C13H21NO3S/c15-12(10-1-2-11(7-10)13(16)17)14-8-9-3-5-18-6-4-9/h9-11H,1-8H2,(H,14,15)(H,16,17)/t10-,11+/m1/s1. The van der Waals surface area contributed by atoms with E-state index in [-0.39, 0.29) is 17.7 Å². The van der Waals surface area contributed by atoms with Crippen molar-refractivity contribution in [1.82, 2.24) is 5.32 Å². The SMILES string of the molecule is O=C(O)[C@H]1CC[C@@H](C(=O)NCC2CCSCC2)C1. The molecule has 2 N–H and O–H groups in total. The van der Waals surface area contributed by atoms with Crippen LogP contribution in [0.5, 0.6) is 0 Å². The Balaban J connectivity index is 1.70. The van der Waals surface area contributed by atoms with Crippen LogP contribution in [0.1, 0.15) is 32.1 Å². The summed E-state index contributed by atoms with van der Waals surface area (Å²) in [5.74, 6) is 1.94. The Morgan fingerprint density at radius 3 is 2.39 bits per heavy atom. The van der Waals surface area contributed by atoms with Crippen molar-refractivity contribution in [1.29, 1.82) is 0 Å². The van der Waals surface area contributed by atoms with Crippen molar-refractivity contribution in [2.75, 3.05) is 18.1 Å². The highest BCUT2D eigenvalue weighted by atomic mass is 32.2. The summed E-state index contributed by atoms with van der Waals surface area (Å²) in [4.78, 5) is 22.8. The van der Waals surface area contributed by atoms with Gasteiger partial charge < -0.3 is 10.4 Å². The van der Waals surface area contributed by atoms with Gasteiger partial charge in [0.25, 0.3) is 0 Å². The van der Waals surface area contributed by atoms with Crippen LogP contribution in [0.25, 0.3) is 0 Å². The zero-order valence-corrected chi connectivity index (χ0v) is 11.4. The maximum absolute atomic E-state index is 11.9. The number of thioether (sulfide) groups is 1. The van der Waals surface area contributed by atoms with Crippen LogP contribution < -0.4 is 5.32 Å². The van der Waals surface area contributed by atoms with Gasteiger partial charge >= 0.3 is 5.97 Å². The van der Waals surface area contributed by atoms with Crippen molar-refractivity contribution in [3.05, 3.63) is 0 Å². The number of carbonyl (C=O) groups excluding carboxylic acids is 1. The maximum atomic E-state index is 11.9. The second kappa shape index (κ2) is 6.45. The monoisotopic (exact) mass is 271 g/mol. The Hall–Kier alpha value is -0.710. The Bertz CT molecular complexity index is 315. The highest BCUT2D eigenvalue weighted by molar-refractivity contribution is 7.99. The van der Waals surface area contributed by atoms with Gasteiger partial charge in [-0.25, -0.2) is 0 Å². The van der Waals surface area contributed by atoms with E-state index in [1.165, 1.54) is 24.3 Å². The fourth-order valence-electron chi connectivity index (χ4n) is 2.78. The number of carbonyl (C=O) groups is 2. The molecule has 1 aliphatic carbocycles. The third-order valence-electron chi connectivity index (χ3n) is 4.06. The minimum atomic E-state index is -0.755. The highest BCUT2D eigenvalue weighted by Gasteiger charge is 2.33. The van der Waals surface area contributed by atoms with Crippen LogP contribution in [-0.4, -0.2) is 35.0 Å². The first-order valence-electron chi connectivity index (χ1n) is 6.75. The minimum absolute atomic E-state index is 0.0666. The quantitative estimate of drug-likeness (QED) is 0.817. The minimum Gasteiger partial charge on any atom is -0.481 e. The Morgan fingerprint density at radius 2 is 1.78 bits per heavy atom. The molecule has 0 aromatic heterocycles. The molecule has 2 fully saturated rings. The van der Waals surface area contributed by atoms with Crippen LogP contribution in [0, 0.1) is 17.8 Å². The number of hydrogen-bond acceptors (Lipinski definition) is 3. The van der Waals surface area contributed by atoms with Crippen molar-refractivity contribution in [2.45, 2.75) is 32.1 Å². The molecule has 1 amide bonds. The maximum Gasteiger partial charge on any atom is 0.306 e. The molecule has 2 aliphatic rings. The van der Waals surface area contributed by atoms with E-state index in [0.717, 1.165) is 13.0 Å². The summed E-state index contributed by atoms with van der Waals surface area (Å²) < 4.78 is 0. The van der Waals surface area contributed by atoms with Gasteiger partial charge in [0.15, 0.2) is 0 Å². The number of amides is 1. The number of rotatable bonds is 4. The van der Waals surface area contributed by atoms with Gasteiger partial charge in [-0.15, -0.1) is 0 Å². The molecule has 102 valence electrons. The molecular formula is C13H21NO3S. The Kier molecular flexibility index (Phi) is 4.92. The summed E-state index contributed by atoms with van der Waals surface area (Å²) in [6.07, 6.45) is 4.26. The molecule has 2 rings (SSSR count). The van der Waals surface area contributed by atoms with E-state index in [2.05, 4.69) is 5.32 Å². The molecule has 1 saturated carbocycles. The Labute approximate surface area is 112 Å². The molecule has 0 aromatic rings. The first-order valence-corrected chi connectivity index (χ1v) is 7.90. The lowest BCUT2D eigenvalue weighted by Crippen LogP contribution is -2.34. The van der Waals surface area contributed by atoms with Crippen LogP contribution in [0.4, 0.5) is 0 Å². The third-order valence-corrected chi connectivity index (χ3v) is 5.11. The molecule has 0 radical (unpaired) electrons. The van der Waals surface area contributed by atoms with Crippen molar-refractivity contribution in [3.8, 4) is 0 Å². The van der Waals surface area contributed by atoms with Crippen molar-refractivity contribution in [3.63, 3.8) is 0 Å². The van der Waals surface area contributed by atoms with E-state index in [0.29, 0.717) is 18.8 Å². The van der Waals surface area contributed by atoms with Crippen LogP contribution >= 0.6 is 11.8 Å². The number of hydrogen-bond donors (Lipinski definition) is 2. The van der Waals surface area contributed by atoms with E-state index in [9.17, 15) is 9.59 Å². The van der Waals surface area contributed by atoms with Gasteiger partial charge in [0.2, 0.25) is 5.91 Å². The first-order chi connectivity index (χ1) is 8.66. The summed E-state index contributed by atoms with van der Waals surface area (Å²) in [7, 11) is 0. The van der Waals surface area contributed by atoms with Crippen molar-refractivity contribution >= 4 is 23.6 Å². The molecule has 1 saturated heterocycles. The third kappa shape index (κ3) is 3.64. The van der Waals surface area contributed by atoms with E-state index in [1.807, 2.05) is 11.8 Å². The topological polar surface area (TPSA) is 66.4 Å². The second-order valence-corrected chi connectivity index (χ2v) is 6.57. The van der Waals surface area contributed by atoms with Gasteiger partial charge in [-0.2, -0.15) is 11.8 Å². The fraction of sp³-hybridized carbons (Fsp3) is 0.846. The molecule has 0 spiro atoms. The number of carboxylic acid groups (broad SMARTS) is 1. The normalized spacial score (nSPS) is 29.1. The van der Waals surface area contributed by atoms with E-state index in [4.69, 9.17) is 5.11 Å². The van der Waals surface area contributed by atoms with Gasteiger partial charge in [0.1, 0.15) is 0 Å². The summed E-state index contributed by atoms with van der Waals surface area (Å²) in [6.45, 7) is 0.771. The van der Waals surface area contributed by atoms with Crippen LogP contribution in [0.3, 0.4) is 0 Å². The number of nitrogens with one attached hydrogen (secondary N) is 1. The average molecular weight is 271 g/mol. The molecule has 0 aromatic carbocycles. The summed E-state index contributed by atoms with van der Waals surface area (Å²) in [5.41, 5.74) is 0. The van der Waals surface area contributed by atoms with E-state index < -0.39 is 5.97 Å². The van der Waals surface area contributed by atoms with Gasteiger partial charge in [0, 0.05) is 12.5 Å². The molecular weight excluding hydrogens is 250 g/mol. The molecule has 1 aliphatic heterocycles. The lowest BCUT2D eigenvalue weighted by molar-refractivity contribution is -0.141. The number of carboxylic acids is 1. The van der Waals surface area contributed by atoms with Gasteiger partial charge in [-0.1, -0.05) is 0 Å². The molecule has 5 heteroatoms. The van der Waals surface area contributed by atoms with Crippen LogP contribution in [0.2, 0.25) is 0 Å². The molecule has 0 bridgehead atoms. The second-order valence-electron chi connectivity index (χ2n) is 5.35. The summed E-state index contributed by atoms with van der Waals surface area (Å²) >= 11 is 1.98. The highest BCUT2D eigenvalue weighted by Crippen LogP contribution is 2.31. The largest absolute Gasteiger partial charge is 0.481 e. The summed E-state index contributed by atoms with van der Waals surface area (Å²) in [6, 6.07) is 0. The predicted octanol–water partition coefficient (Wildman–Crippen LogP) is 1.75. The molecule has 18 heavy (non-hydrogen) atoms. The zero-order valence-electron chi connectivity index (χ0n) is 10.6. The van der Waals surface area contributed by atoms with Gasteiger partial charge in [0.05, 0.1) is 5.92 Å². The lowest BCUT2D eigenvalue weighted by atomic mass is 10.0. The average Bonchev–Trinajstić information content (AvgIpc) is 2.87. The summed E-state index contributed by atoms with van der Waals surface area (Å²) in [5, 5.41) is 11.9. The fourth-order valence-corrected chi connectivity index (χ4v) is 3.99. The van der Waals surface area contributed by atoms with Crippen molar-refractivity contribution < 1.29 is 14.7 Å². The van der Waals surface area contributed by atoms with E-state index >= 15 is 0 Å². The molecule has 2 atom stereocenters. The van der Waals surface area contributed by atoms with Crippen LogP contribution in [0.15, 0.2) is 0 Å². The van der Waals surface area contributed by atoms with Crippen LogP contribution in [-0.2, 0) is 9.59 Å². The Morgan fingerprint density at radius 1 is 1.11 bits per heavy atom. The first kappa shape index (κ1) is 13.7. The van der Waals surface area contributed by atoms with Gasteiger partial charge in [-0.3, -0.25) is 9.59 Å². The molecule has 1 heterocycles. The predicted molar refractivity (Wildman–Crippen MR) is 71.5 cm³/mol. The smallest absolute Gasteiger partial charge is 0.306 e. The molecule has 0 unspecified atom stereocenters.